The Morgan fingerprint density at radius 3 is 2.63 bits per heavy atom. The van der Waals surface area contributed by atoms with Crippen LogP contribution in [0.15, 0.2) is 67.3 Å². The van der Waals surface area contributed by atoms with Crippen molar-refractivity contribution in [2.45, 2.75) is 19.1 Å². The quantitative estimate of drug-likeness (QED) is 0.794. The first kappa shape index (κ1) is 13.4. The molecular formula is C17H19NO. The van der Waals surface area contributed by atoms with E-state index in [4.69, 9.17) is 10.5 Å². The minimum Gasteiger partial charge on any atom is -0.489 e. The molecule has 2 aromatic rings. The average Bonchev–Trinajstić information content (AvgIpc) is 2.47. The average molecular weight is 253 g/mol. The van der Waals surface area contributed by atoms with Gasteiger partial charge in [0.15, 0.2) is 0 Å². The van der Waals surface area contributed by atoms with E-state index in [1.807, 2.05) is 60.7 Å². The molecule has 0 bridgehead atoms. The standard InChI is InChI=1S/C17H19NO/c1-2-7-17(18)15-10-6-11-16(12-15)19-13-14-8-4-3-5-9-14/h2-6,8-12,17H,1,7,13,18H2/t17-/m0/s1. The van der Waals surface area contributed by atoms with Gasteiger partial charge in [0.05, 0.1) is 0 Å². The maximum Gasteiger partial charge on any atom is 0.120 e. The number of hydrogen-bond donors (Lipinski definition) is 1. The molecule has 0 aliphatic heterocycles. The van der Waals surface area contributed by atoms with Crippen LogP contribution in [0.5, 0.6) is 5.75 Å². The van der Waals surface area contributed by atoms with Crippen LogP contribution in [0.2, 0.25) is 0 Å². The van der Waals surface area contributed by atoms with Crippen molar-refractivity contribution >= 4 is 0 Å². The summed E-state index contributed by atoms with van der Waals surface area (Å²) in [5.74, 6) is 0.848. The van der Waals surface area contributed by atoms with Gasteiger partial charge in [0.1, 0.15) is 12.4 Å². The first-order valence-electron chi connectivity index (χ1n) is 6.43. The number of benzene rings is 2. The molecular weight excluding hydrogens is 234 g/mol. The molecule has 0 spiro atoms. The molecule has 98 valence electrons. The third-order valence-corrected chi connectivity index (χ3v) is 2.96. The zero-order valence-electron chi connectivity index (χ0n) is 11.0. The summed E-state index contributed by atoms with van der Waals surface area (Å²) in [7, 11) is 0. The van der Waals surface area contributed by atoms with Gasteiger partial charge in [-0.1, -0.05) is 48.5 Å². The fourth-order valence-electron chi connectivity index (χ4n) is 1.89. The highest BCUT2D eigenvalue weighted by molar-refractivity contribution is 5.31. The van der Waals surface area contributed by atoms with E-state index in [1.54, 1.807) is 0 Å². The Hall–Kier alpha value is -2.06. The Kier molecular flexibility index (Phi) is 4.76. The van der Waals surface area contributed by atoms with Crippen LogP contribution < -0.4 is 10.5 Å². The van der Waals surface area contributed by atoms with Crippen LogP contribution in [-0.4, -0.2) is 0 Å². The fourth-order valence-corrected chi connectivity index (χ4v) is 1.89. The van der Waals surface area contributed by atoms with Crippen molar-refractivity contribution in [3.63, 3.8) is 0 Å². The highest BCUT2D eigenvalue weighted by atomic mass is 16.5. The number of rotatable bonds is 6. The zero-order valence-corrected chi connectivity index (χ0v) is 11.0. The zero-order chi connectivity index (χ0) is 13.5. The second-order valence-electron chi connectivity index (χ2n) is 4.48. The molecule has 0 aliphatic rings. The van der Waals surface area contributed by atoms with Crippen molar-refractivity contribution in [2.24, 2.45) is 5.73 Å². The summed E-state index contributed by atoms with van der Waals surface area (Å²) >= 11 is 0. The van der Waals surface area contributed by atoms with Crippen molar-refractivity contribution in [1.29, 1.82) is 0 Å². The SMILES string of the molecule is C=CC[C@H](N)c1cccc(OCc2ccccc2)c1. The van der Waals surface area contributed by atoms with Crippen LogP contribution >= 0.6 is 0 Å². The molecule has 0 aromatic heterocycles. The Morgan fingerprint density at radius 1 is 1.11 bits per heavy atom. The molecule has 2 rings (SSSR count). The fraction of sp³-hybridized carbons (Fsp3) is 0.176. The molecule has 2 nitrogen and oxygen atoms in total. The summed E-state index contributed by atoms with van der Waals surface area (Å²) in [6.07, 6.45) is 2.60. The topological polar surface area (TPSA) is 35.2 Å². The summed E-state index contributed by atoms with van der Waals surface area (Å²) in [6, 6.07) is 18.0. The van der Waals surface area contributed by atoms with Gasteiger partial charge in [0.2, 0.25) is 0 Å². The van der Waals surface area contributed by atoms with Crippen LogP contribution in [0.3, 0.4) is 0 Å². The lowest BCUT2D eigenvalue weighted by Gasteiger charge is -2.12. The lowest BCUT2D eigenvalue weighted by atomic mass is 10.0. The molecule has 0 saturated heterocycles. The highest BCUT2D eigenvalue weighted by Crippen LogP contribution is 2.21. The van der Waals surface area contributed by atoms with Gasteiger partial charge in [0, 0.05) is 6.04 Å². The molecule has 0 amide bonds. The van der Waals surface area contributed by atoms with E-state index in [-0.39, 0.29) is 6.04 Å². The molecule has 0 saturated carbocycles. The van der Waals surface area contributed by atoms with Crippen molar-refractivity contribution in [3.05, 3.63) is 78.4 Å². The molecule has 0 fully saturated rings. The van der Waals surface area contributed by atoms with Crippen LogP contribution in [0, 0.1) is 0 Å². The summed E-state index contributed by atoms with van der Waals surface area (Å²) in [5, 5.41) is 0. The van der Waals surface area contributed by atoms with Crippen LogP contribution in [-0.2, 0) is 6.61 Å². The smallest absolute Gasteiger partial charge is 0.120 e. The number of ether oxygens (including phenoxy) is 1. The number of hydrogen-bond acceptors (Lipinski definition) is 2. The van der Waals surface area contributed by atoms with Crippen LogP contribution in [0.4, 0.5) is 0 Å². The van der Waals surface area contributed by atoms with E-state index in [0.29, 0.717) is 6.61 Å². The Labute approximate surface area is 114 Å². The van der Waals surface area contributed by atoms with Crippen molar-refractivity contribution in [3.8, 4) is 5.75 Å². The maximum atomic E-state index is 6.05. The third-order valence-electron chi connectivity index (χ3n) is 2.96. The Bertz CT molecular complexity index is 522. The van der Waals surface area contributed by atoms with Gasteiger partial charge in [-0.2, -0.15) is 0 Å². The van der Waals surface area contributed by atoms with Crippen LogP contribution in [0.25, 0.3) is 0 Å². The minimum atomic E-state index is -0.0159. The Balaban J connectivity index is 2.01. The molecule has 0 radical (unpaired) electrons. The van der Waals surface area contributed by atoms with Gasteiger partial charge in [-0.05, 0) is 29.7 Å². The molecule has 2 N–H and O–H groups in total. The summed E-state index contributed by atoms with van der Waals surface area (Å²) < 4.78 is 5.78. The second-order valence-corrected chi connectivity index (χ2v) is 4.48. The van der Waals surface area contributed by atoms with Gasteiger partial charge >= 0.3 is 0 Å². The second kappa shape index (κ2) is 6.76. The van der Waals surface area contributed by atoms with Gasteiger partial charge in [-0.3, -0.25) is 0 Å². The van der Waals surface area contributed by atoms with Crippen molar-refractivity contribution in [2.75, 3.05) is 0 Å². The lowest BCUT2D eigenvalue weighted by Crippen LogP contribution is -2.09. The summed E-state index contributed by atoms with van der Waals surface area (Å²) in [4.78, 5) is 0. The molecule has 0 unspecified atom stereocenters. The van der Waals surface area contributed by atoms with Gasteiger partial charge in [-0.15, -0.1) is 6.58 Å². The minimum absolute atomic E-state index is 0.0159. The molecule has 19 heavy (non-hydrogen) atoms. The molecule has 0 heterocycles. The van der Waals surface area contributed by atoms with Crippen LogP contribution in [0.1, 0.15) is 23.6 Å². The summed E-state index contributed by atoms with van der Waals surface area (Å²) in [5.41, 5.74) is 8.29. The number of nitrogens with two attached hydrogens (primary N) is 1. The molecule has 0 aliphatic carbocycles. The third kappa shape index (κ3) is 3.97. The van der Waals surface area contributed by atoms with Crippen molar-refractivity contribution < 1.29 is 4.74 Å². The highest BCUT2D eigenvalue weighted by Gasteiger charge is 2.05. The summed E-state index contributed by atoms with van der Waals surface area (Å²) in [6.45, 7) is 4.28. The normalized spacial score (nSPS) is 11.8. The first-order chi connectivity index (χ1) is 9.29. The van der Waals surface area contributed by atoms with Gasteiger partial charge in [-0.25, -0.2) is 0 Å². The Morgan fingerprint density at radius 2 is 1.89 bits per heavy atom. The molecule has 1 atom stereocenters. The van der Waals surface area contributed by atoms with Gasteiger partial charge in [0.25, 0.3) is 0 Å². The van der Waals surface area contributed by atoms with E-state index < -0.39 is 0 Å². The van der Waals surface area contributed by atoms with E-state index in [1.165, 1.54) is 0 Å². The monoisotopic (exact) mass is 253 g/mol. The van der Waals surface area contributed by atoms with Crippen molar-refractivity contribution in [1.82, 2.24) is 0 Å². The van der Waals surface area contributed by atoms with E-state index in [9.17, 15) is 0 Å². The first-order valence-corrected chi connectivity index (χ1v) is 6.43. The molecule has 2 heteroatoms. The maximum absolute atomic E-state index is 6.05. The van der Waals surface area contributed by atoms with Gasteiger partial charge < -0.3 is 10.5 Å². The molecule has 2 aromatic carbocycles. The predicted molar refractivity (Wildman–Crippen MR) is 79.0 cm³/mol. The van der Waals surface area contributed by atoms with E-state index in [0.717, 1.165) is 23.3 Å². The van der Waals surface area contributed by atoms with E-state index >= 15 is 0 Å². The lowest BCUT2D eigenvalue weighted by molar-refractivity contribution is 0.305. The largest absolute Gasteiger partial charge is 0.489 e. The predicted octanol–water partition coefficient (Wildman–Crippen LogP) is 3.84. The van der Waals surface area contributed by atoms with E-state index in [2.05, 4.69) is 6.58 Å².